The lowest BCUT2D eigenvalue weighted by atomic mass is 9.81. The largest absolute Gasteiger partial charge is 0.573 e. The molecule has 0 spiro atoms. The molecule has 0 aliphatic carbocycles. The average molecular weight is 418 g/mol. The summed E-state index contributed by atoms with van der Waals surface area (Å²) in [6.07, 6.45) is -3.79. The minimum Gasteiger partial charge on any atom is -0.406 e. The lowest BCUT2D eigenvalue weighted by Gasteiger charge is -2.35. The minimum absolute atomic E-state index is 0.0715. The van der Waals surface area contributed by atoms with Crippen LogP contribution in [0.4, 0.5) is 18.9 Å². The van der Waals surface area contributed by atoms with Gasteiger partial charge in [-0.2, -0.15) is 0 Å². The van der Waals surface area contributed by atoms with Crippen LogP contribution in [0, 0.1) is 11.8 Å². The first-order valence-electron chi connectivity index (χ1n) is 9.79. The van der Waals surface area contributed by atoms with Crippen LogP contribution in [0.25, 0.3) is 0 Å². The van der Waals surface area contributed by atoms with E-state index in [0.717, 1.165) is 5.56 Å². The number of halogens is 3. The number of anilines is 1. The third-order valence-corrected chi connectivity index (χ3v) is 5.72. The molecule has 158 valence electrons. The zero-order valence-electron chi connectivity index (χ0n) is 16.1. The summed E-state index contributed by atoms with van der Waals surface area (Å²) >= 11 is 0. The van der Waals surface area contributed by atoms with Gasteiger partial charge < -0.3 is 15.0 Å². The summed E-state index contributed by atoms with van der Waals surface area (Å²) in [5.74, 6) is -0.767. The van der Waals surface area contributed by atoms with E-state index in [2.05, 4.69) is 10.1 Å². The fraction of sp³-hybridized carbons (Fsp3) is 0.364. The second-order valence-corrected chi connectivity index (χ2v) is 7.61. The van der Waals surface area contributed by atoms with Gasteiger partial charge in [0.1, 0.15) is 5.75 Å². The summed E-state index contributed by atoms with van der Waals surface area (Å²) in [5, 5.41) is 3.21. The van der Waals surface area contributed by atoms with E-state index in [-0.39, 0.29) is 35.3 Å². The predicted molar refractivity (Wildman–Crippen MR) is 104 cm³/mol. The van der Waals surface area contributed by atoms with Crippen molar-refractivity contribution in [2.75, 3.05) is 18.0 Å². The van der Waals surface area contributed by atoms with Gasteiger partial charge in [-0.3, -0.25) is 9.59 Å². The molecule has 5 nitrogen and oxygen atoms in total. The van der Waals surface area contributed by atoms with Crippen LogP contribution in [-0.4, -0.2) is 37.2 Å². The van der Waals surface area contributed by atoms with E-state index in [4.69, 9.17) is 0 Å². The normalized spacial score (nSPS) is 23.9. The Labute approximate surface area is 171 Å². The van der Waals surface area contributed by atoms with Crippen molar-refractivity contribution in [1.29, 1.82) is 0 Å². The van der Waals surface area contributed by atoms with E-state index in [1.165, 1.54) is 24.3 Å². The lowest BCUT2D eigenvalue weighted by Crippen LogP contribution is -2.48. The molecule has 1 unspecified atom stereocenters. The molecule has 1 N–H and O–H groups in total. The Kier molecular flexibility index (Phi) is 5.51. The maximum atomic E-state index is 13.0. The van der Waals surface area contributed by atoms with Crippen LogP contribution in [0.3, 0.4) is 0 Å². The maximum absolute atomic E-state index is 13.0. The lowest BCUT2D eigenvalue weighted by molar-refractivity contribution is -0.274. The van der Waals surface area contributed by atoms with Crippen molar-refractivity contribution in [3.05, 3.63) is 60.2 Å². The van der Waals surface area contributed by atoms with Crippen molar-refractivity contribution in [2.45, 2.75) is 25.2 Å². The van der Waals surface area contributed by atoms with Crippen molar-refractivity contribution in [3.63, 3.8) is 0 Å². The zero-order chi connectivity index (χ0) is 21.3. The number of carbonyl (C=O) groups excluding carboxylic acids is 2. The standard InChI is InChI=1S/C22H21F3N2O3/c23-22(24,25)30-16-8-6-15(7-9-16)27-11-10-17-18(21(27)29)13-26-20(17)19(28)12-14-4-2-1-3-5-14/h1-9,17-18,20,26H,10-13H2/t17-,18-,20?/m1/s1. The second kappa shape index (κ2) is 8.10. The number of hydrogen-bond donors (Lipinski definition) is 1. The third-order valence-electron chi connectivity index (χ3n) is 5.72. The van der Waals surface area contributed by atoms with E-state index >= 15 is 0 Å². The van der Waals surface area contributed by atoms with Crippen LogP contribution >= 0.6 is 0 Å². The van der Waals surface area contributed by atoms with Gasteiger partial charge in [0.2, 0.25) is 5.91 Å². The van der Waals surface area contributed by atoms with E-state index in [9.17, 15) is 22.8 Å². The van der Waals surface area contributed by atoms with Gasteiger partial charge in [0.15, 0.2) is 5.78 Å². The van der Waals surface area contributed by atoms with Crippen LogP contribution < -0.4 is 15.0 Å². The highest BCUT2D eigenvalue weighted by molar-refractivity contribution is 5.98. The summed E-state index contributed by atoms with van der Waals surface area (Å²) in [7, 11) is 0. The molecule has 3 atom stereocenters. The number of nitrogens with zero attached hydrogens (tertiary/aromatic N) is 1. The molecule has 0 aromatic heterocycles. The Morgan fingerprint density at radius 2 is 1.80 bits per heavy atom. The Hall–Kier alpha value is -2.87. The Bertz CT molecular complexity index is 915. The number of carbonyl (C=O) groups is 2. The van der Waals surface area contributed by atoms with Gasteiger partial charge in [-0.15, -0.1) is 13.2 Å². The molecule has 2 aromatic carbocycles. The van der Waals surface area contributed by atoms with Crippen molar-refractivity contribution in [1.82, 2.24) is 5.32 Å². The summed E-state index contributed by atoms with van der Waals surface area (Å²) in [4.78, 5) is 27.4. The summed E-state index contributed by atoms with van der Waals surface area (Å²) in [6.45, 7) is 0.830. The van der Waals surface area contributed by atoms with E-state index in [1.807, 2.05) is 30.3 Å². The van der Waals surface area contributed by atoms with E-state index < -0.39 is 6.36 Å². The van der Waals surface area contributed by atoms with Crippen molar-refractivity contribution >= 4 is 17.4 Å². The highest BCUT2D eigenvalue weighted by Gasteiger charge is 2.47. The third kappa shape index (κ3) is 4.33. The molecule has 2 aliphatic rings. The molecular formula is C22H21F3N2O3. The number of nitrogens with one attached hydrogen (secondary N) is 1. The summed E-state index contributed by atoms with van der Waals surface area (Å²) in [6, 6.07) is 14.4. The number of benzene rings is 2. The predicted octanol–water partition coefficient (Wildman–Crippen LogP) is 3.34. The molecule has 2 aliphatic heterocycles. The molecule has 4 rings (SSSR count). The van der Waals surface area contributed by atoms with Gasteiger partial charge in [0.25, 0.3) is 0 Å². The zero-order valence-corrected chi connectivity index (χ0v) is 16.1. The SMILES string of the molecule is O=C(Cc1ccccc1)C1NC[C@H]2C(=O)N(c3ccc(OC(F)(F)F)cc3)CC[C@@H]12. The topological polar surface area (TPSA) is 58.6 Å². The van der Waals surface area contributed by atoms with Crippen LogP contribution in [0.5, 0.6) is 5.75 Å². The Morgan fingerprint density at radius 3 is 2.47 bits per heavy atom. The molecule has 2 saturated heterocycles. The molecule has 0 bridgehead atoms. The number of hydrogen-bond acceptors (Lipinski definition) is 4. The molecule has 0 radical (unpaired) electrons. The van der Waals surface area contributed by atoms with Crippen molar-refractivity contribution in [2.24, 2.45) is 11.8 Å². The fourth-order valence-corrected chi connectivity index (χ4v) is 4.36. The van der Waals surface area contributed by atoms with E-state index in [0.29, 0.717) is 31.6 Å². The molecule has 2 fully saturated rings. The Balaban J connectivity index is 1.42. The number of amides is 1. The van der Waals surface area contributed by atoms with Crippen LogP contribution in [-0.2, 0) is 16.0 Å². The first-order valence-corrected chi connectivity index (χ1v) is 9.79. The average Bonchev–Trinajstić information content (AvgIpc) is 3.14. The highest BCUT2D eigenvalue weighted by atomic mass is 19.4. The van der Waals surface area contributed by atoms with Gasteiger partial charge in [-0.1, -0.05) is 30.3 Å². The summed E-state index contributed by atoms with van der Waals surface area (Å²) in [5.41, 5.74) is 1.46. The number of Topliss-reactive ketones (excluding diaryl/α,β-unsaturated/α-hetero) is 1. The summed E-state index contributed by atoms with van der Waals surface area (Å²) < 4.78 is 40.9. The first-order chi connectivity index (χ1) is 14.3. The van der Waals surface area contributed by atoms with Crippen LogP contribution in [0.1, 0.15) is 12.0 Å². The van der Waals surface area contributed by atoms with Crippen molar-refractivity contribution in [3.8, 4) is 5.75 Å². The smallest absolute Gasteiger partial charge is 0.406 e. The monoisotopic (exact) mass is 418 g/mol. The Morgan fingerprint density at radius 1 is 1.10 bits per heavy atom. The fourth-order valence-electron chi connectivity index (χ4n) is 4.36. The highest BCUT2D eigenvalue weighted by Crippen LogP contribution is 2.35. The maximum Gasteiger partial charge on any atom is 0.573 e. The molecule has 2 heterocycles. The van der Waals surface area contributed by atoms with Gasteiger partial charge in [-0.25, -0.2) is 0 Å². The van der Waals surface area contributed by atoms with Crippen molar-refractivity contribution < 1.29 is 27.5 Å². The van der Waals surface area contributed by atoms with Gasteiger partial charge in [-0.05, 0) is 42.2 Å². The molecule has 30 heavy (non-hydrogen) atoms. The van der Waals surface area contributed by atoms with Gasteiger partial charge in [0, 0.05) is 25.2 Å². The number of alkyl halides is 3. The molecule has 2 aromatic rings. The quantitative estimate of drug-likeness (QED) is 0.809. The minimum atomic E-state index is -4.76. The first kappa shape index (κ1) is 20.4. The number of piperidine rings is 1. The molecule has 8 heteroatoms. The van der Waals surface area contributed by atoms with Gasteiger partial charge in [0.05, 0.1) is 12.0 Å². The number of rotatable bonds is 5. The second-order valence-electron chi connectivity index (χ2n) is 7.61. The van der Waals surface area contributed by atoms with Gasteiger partial charge >= 0.3 is 6.36 Å². The number of ether oxygens (including phenoxy) is 1. The van der Waals surface area contributed by atoms with E-state index in [1.54, 1.807) is 4.90 Å². The molecular weight excluding hydrogens is 397 g/mol. The van der Waals surface area contributed by atoms with Crippen LogP contribution in [0.15, 0.2) is 54.6 Å². The molecule has 1 amide bonds. The van der Waals surface area contributed by atoms with Crippen LogP contribution in [0.2, 0.25) is 0 Å². The molecule has 0 saturated carbocycles. The number of fused-ring (bicyclic) bond motifs is 1. The number of ketones is 1.